The van der Waals surface area contributed by atoms with Crippen molar-refractivity contribution in [1.29, 1.82) is 0 Å². The Hall–Kier alpha value is -2.47. The van der Waals surface area contributed by atoms with Crippen LogP contribution in [0.1, 0.15) is 37.5 Å². The maximum absolute atomic E-state index is 12.2. The molecule has 0 aromatic heterocycles. The van der Waals surface area contributed by atoms with Crippen molar-refractivity contribution < 1.29 is 19.1 Å². The van der Waals surface area contributed by atoms with E-state index in [9.17, 15) is 14.4 Å². The first-order valence-corrected chi connectivity index (χ1v) is 8.25. The van der Waals surface area contributed by atoms with Crippen molar-refractivity contribution in [2.75, 3.05) is 13.2 Å². The Morgan fingerprint density at radius 2 is 1.54 bits per heavy atom. The molecule has 2 aromatic carbocycles. The number of carbonyl (C=O) groups excluding carboxylic acids is 3. The fourth-order valence-electron chi connectivity index (χ4n) is 2.50. The number of hydrogen-bond acceptors (Lipinski definition) is 4. The zero-order chi connectivity index (χ0) is 17.1. The number of fused-ring (bicyclic) bond motifs is 1. The van der Waals surface area contributed by atoms with Gasteiger partial charge in [0.05, 0.1) is 23.3 Å². The number of imide groups is 1. The van der Waals surface area contributed by atoms with Crippen LogP contribution >= 0.6 is 15.9 Å². The van der Waals surface area contributed by atoms with E-state index in [-0.39, 0.29) is 25.0 Å². The van der Waals surface area contributed by atoms with Crippen LogP contribution in [0.3, 0.4) is 0 Å². The molecule has 3 rings (SSSR count). The number of amides is 2. The first-order chi connectivity index (χ1) is 11.6. The molecule has 0 fully saturated rings. The number of hydrogen-bond donors (Lipinski definition) is 0. The molecule has 2 amide bonds. The zero-order valence-corrected chi connectivity index (χ0v) is 14.3. The average Bonchev–Trinajstić information content (AvgIpc) is 2.84. The maximum atomic E-state index is 12.2. The first-order valence-electron chi connectivity index (χ1n) is 7.46. The van der Waals surface area contributed by atoms with Gasteiger partial charge in [0.1, 0.15) is 0 Å². The monoisotopic (exact) mass is 387 g/mol. The highest BCUT2D eigenvalue weighted by molar-refractivity contribution is 9.10. The summed E-state index contributed by atoms with van der Waals surface area (Å²) >= 11 is 3.30. The van der Waals surface area contributed by atoms with Gasteiger partial charge in [-0.05, 0) is 42.8 Å². The minimum atomic E-state index is -0.426. The van der Waals surface area contributed by atoms with Gasteiger partial charge in [0.25, 0.3) is 11.8 Å². The van der Waals surface area contributed by atoms with E-state index in [1.54, 1.807) is 48.5 Å². The van der Waals surface area contributed by atoms with Gasteiger partial charge in [-0.3, -0.25) is 14.5 Å². The molecule has 122 valence electrons. The second-order valence-electron chi connectivity index (χ2n) is 5.30. The van der Waals surface area contributed by atoms with Gasteiger partial charge in [0.2, 0.25) is 0 Å². The van der Waals surface area contributed by atoms with E-state index in [1.807, 2.05) is 0 Å². The van der Waals surface area contributed by atoms with Crippen LogP contribution in [0.25, 0.3) is 0 Å². The number of carbonyl (C=O) groups is 3. The third-order valence-corrected chi connectivity index (χ3v) is 4.25. The van der Waals surface area contributed by atoms with Crippen LogP contribution in [0.2, 0.25) is 0 Å². The molecule has 0 unspecified atom stereocenters. The van der Waals surface area contributed by atoms with Crippen LogP contribution in [-0.2, 0) is 4.74 Å². The highest BCUT2D eigenvalue weighted by Gasteiger charge is 2.34. The SMILES string of the molecule is O=C(OCCCN1C(=O)c2ccccc2C1=O)c1ccc(Br)cc1. The molecular weight excluding hydrogens is 374 g/mol. The van der Waals surface area contributed by atoms with E-state index in [4.69, 9.17) is 4.74 Å². The number of rotatable bonds is 5. The second kappa shape index (κ2) is 6.97. The molecule has 1 heterocycles. The van der Waals surface area contributed by atoms with Gasteiger partial charge in [0, 0.05) is 11.0 Å². The molecule has 0 N–H and O–H groups in total. The molecule has 0 atom stereocenters. The Labute approximate surface area is 147 Å². The van der Waals surface area contributed by atoms with Gasteiger partial charge >= 0.3 is 5.97 Å². The van der Waals surface area contributed by atoms with Crippen LogP contribution in [0.15, 0.2) is 53.0 Å². The van der Waals surface area contributed by atoms with E-state index >= 15 is 0 Å². The first kappa shape index (κ1) is 16.4. The van der Waals surface area contributed by atoms with Gasteiger partial charge in [-0.15, -0.1) is 0 Å². The summed E-state index contributed by atoms with van der Waals surface area (Å²) in [5, 5.41) is 0. The molecule has 5 nitrogen and oxygen atoms in total. The van der Waals surface area contributed by atoms with Gasteiger partial charge in [0.15, 0.2) is 0 Å². The van der Waals surface area contributed by atoms with Crippen LogP contribution in [-0.4, -0.2) is 35.8 Å². The Morgan fingerprint density at radius 1 is 0.958 bits per heavy atom. The summed E-state index contributed by atoms with van der Waals surface area (Å²) in [6, 6.07) is 13.6. The minimum absolute atomic E-state index is 0.141. The molecule has 0 radical (unpaired) electrons. The van der Waals surface area contributed by atoms with Gasteiger partial charge in [-0.25, -0.2) is 4.79 Å². The third kappa shape index (κ3) is 3.23. The smallest absolute Gasteiger partial charge is 0.338 e. The van der Waals surface area contributed by atoms with Crippen LogP contribution in [0, 0.1) is 0 Å². The molecule has 1 aliphatic heterocycles. The summed E-state index contributed by atoms with van der Waals surface area (Å²) in [5.41, 5.74) is 1.31. The number of benzene rings is 2. The van der Waals surface area contributed by atoms with Crippen molar-refractivity contribution in [3.63, 3.8) is 0 Å². The average molecular weight is 388 g/mol. The van der Waals surface area contributed by atoms with Crippen LogP contribution in [0.5, 0.6) is 0 Å². The van der Waals surface area contributed by atoms with Crippen molar-refractivity contribution in [3.8, 4) is 0 Å². The lowest BCUT2D eigenvalue weighted by Crippen LogP contribution is -2.31. The minimum Gasteiger partial charge on any atom is -0.462 e. The Balaban J connectivity index is 1.51. The van der Waals surface area contributed by atoms with Crippen molar-refractivity contribution in [1.82, 2.24) is 4.90 Å². The van der Waals surface area contributed by atoms with E-state index in [0.29, 0.717) is 23.1 Å². The normalized spacial score (nSPS) is 13.1. The van der Waals surface area contributed by atoms with Gasteiger partial charge in [-0.1, -0.05) is 28.1 Å². The molecule has 2 aromatic rings. The molecular formula is C18H14BrNO4. The second-order valence-corrected chi connectivity index (χ2v) is 6.22. The Morgan fingerprint density at radius 3 is 2.12 bits per heavy atom. The summed E-state index contributed by atoms with van der Waals surface area (Å²) in [6.07, 6.45) is 0.397. The molecule has 0 saturated heterocycles. The quantitative estimate of drug-likeness (QED) is 0.448. The highest BCUT2D eigenvalue weighted by atomic mass is 79.9. The van der Waals surface area contributed by atoms with Crippen molar-refractivity contribution in [2.24, 2.45) is 0 Å². The van der Waals surface area contributed by atoms with Crippen molar-refractivity contribution in [2.45, 2.75) is 6.42 Å². The topological polar surface area (TPSA) is 63.7 Å². The van der Waals surface area contributed by atoms with E-state index < -0.39 is 5.97 Å². The molecule has 24 heavy (non-hydrogen) atoms. The van der Waals surface area contributed by atoms with E-state index in [0.717, 1.165) is 4.47 Å². The van der Waals surface area contributed by atoms with Crippen molar-refractivity contribution in [3.05, 3.63) is 69.7 Å². The fraction of sp³-hybridized carbons (Fsp3) is 0.167. The number of esters is 1. The largest absolute Gasteiger partial charge is 0.462 e. The predicted molar refractivity (Wildman–Crippen MR) is 90.9 cm³/mol. The highest BCUT2D eigenvalue weighted by Crippen LogP contribution is 2.22. The molecule has 1 aliphatic rings. The van der Waals surface area contributed by atoms with Crippen molar-refractivity contribution >= 4 is 33.7 Å². The fourth-order valence-corrected chi connectivity index (χ4v) is 2.76. The van der Waals surface area contributed by atoms with Gasteiger partial charge in [-0.2, -0.15) is 0 Å². The molecule has 0 spiro atoms. The Kier molecular flexibility index (Phi) is 4.76. The summed E-state index contributed by atoms with van der Waals surface area (Å²) in [6.45, 7) is 0.363. The lowest BCUT2D eigenvalue weighted by molar-refractivity contribution is 0.0482. The molecule has 6 heteroatoms. The van der Waals surface area contributed by atoms with Crippen LogP contribution < -0.4 is 0 Å². The number of nitrogens with zero attached hydrogens (tertiary/aromatic N) is 1. The molecule has 0 aliphatic carbocycles. The number of ether oxygens (including phenoxy) is 1. The zero-order valence-electron chi connectivity index (χ0n) is 12.7. The van der Waals surface area contributed by atoms with E-state index in [1.165, 1.54) is 4.90 Å². The lowest BCUT2D eigenvalue weighted by atomic mass is 10.1. The molecule has 0 saturated carbocycles. The summed E-state index contributed by atoms with van der Waals surface area (Å²) in [4.78, 5) is 37.4. The summed E-state index contributed by atoms with van der Waals surface area (Å²) in [5.74, 6) is -1.02. The maximum Gasteiger partial charge on any atom is 0.338 e. The third-order valence-electron chi connectivity index (χ3n) is 3.72. The van der Waals surface area contributed by atoms with E-state index in [2.05, 4.69) is 15.9 Å². The standard InChI is InChI=1S/C18H14BrNO4/c19-13-8-6-12(7-9-13)18(23)24-11-3-10-20-16(21)14-4-1-2-5-15(14)17(20)22/h1-2,4-9H,3,10-11H2. The number of halogens is 1. The van der Waals surface area contributed by atoms with Crippen LogP contribution in [0.4, 0.5) is 0 Å². The predicted octanol–water partition coefficient (Wildman–Crippen LogP) is 3.29. The molecule has 0 bridgehead atoms. The van der Waals surface area contributed by atoms with Gasteiger partial charge < -0.3 is 4.74 Å². The summed E-state index contributed by atoms with van der Waals surface area (Å²) in [7, 11) is 0. The Bertz CT molecular complexity index is 766. The summed E-state index contributed by atoms with van der Waals surface area (Å²) < 4.78 is 6.05. The lowest BCUT2D eigenvalue weighted by Gasteiger charge is -2.13.